The lowest BCUT2D eigenvalue weighted by Gasteiger charge is -2.12. The Bertz CT molecular complexity index is 629. The number of hydrogen-bond acceptors (Lipinski definition) is 5. The highest BCUT2D eigenvalue weighted by molar-refractivity contribution is 7.94. The zero-order valence-electron chi connectivity index (χ0n) is 8.67. The summed E-state index contributed by atoms with van der Waals surface area (Å²) in [5, 5.41) is -2.28. The average molecular weight is 369 g/mol. The van der Waals surface area contributed by atoms with E-state index >= 15 is 0 Å². The lowest BCUT2D eigenvalue weighted by atomic mass is 11.0. The first-order valence-corrected chi connectivity index (χ1v) is 6.82. The molecule has 0 bridgehead atoms. The smallest absolute Gasteiger partial charge is 0.226 e. The monoisotopic (exact) mass is 368 g/mol. The van der Waals surface area contributed by atoms with Gasteiger partial charge in [-0.1, -0.05) is 0 Å². The van der Waals surface area contributed by atoms with E-state index in [1.54, 1.807) is 0 Å². The number of alkyl halides is 6. The largest absolute Gasteiger partial charge is 0.517 e. The molecule has 0 saturated heterocycles. The molecule has 6 nitrogen and oxygen atoms in total. The zero-order valence-corrected chi connectivity index (χ0v) is 11.1. The number of rotatable bonds is 2. The van der Waals surface area contributed by atoms with Gasteiger partial charge in [0.1, 0.15) is 0 Å². The third kappa shape index (κ3) is 2.85. The molecule has 0 aromatic carbocycles. The second-order valence-electron chi connectivity index (χ2n) is 2.91. The Morgan fingerprint density at radius 1 is 0.950 bits per heavy atom. The molecule has 0 aliphatic rings. The Hall–Kier alpha value is -1.02. The summed E-state index contributed by atoms with van der Waals surface area (Å²) >= 11 is 0. The van der Waals surface area contributed by atoms with Crippen molar-refractivity contribution in [2.45, 2.75) is 16.2 Å². The van der Waals surface area contributed by atoms with Gasteiger partial charge in [-0.3, -0.25) is 0 Å². The maximum absolute atomic E-state index is 12.1. The number of halogens is 7. The molecule has 1 rings (SSSR count). The molecule has 0 unspecified atom stereocenters. The molecule has 0 saturated carbocycles. The Balaban J connectivity index is 0.00000361. The van der Waals surface area contributed by atoms with E-state index in [2.05, 4.69) is 4.98 Å². The summed E-state index contributed by atoms with van der Waals surface area (Å²) in [5.41, 5.74) is -12.0. The molecule has 0 fully saturated rings. The molecule has 0 amide bonds. The highest BCUT2D eigenvalue weighted by Crippen LogP contribution is 2.32. The molecule has 0 atom stereocenters. The second-order valence-corrected chi connectivity index (χ2v) is 6.55. The van der Waals surface area contributed by atoms with Crippen molar-refractivity contribution in [2.75, 3.05) is 0 Å². The molecule has 118 valence electrons. The van der Waals surface area contributed by atoms with Crippen LogP contribution in [-0.4, -0.2) is 36.8 Å². The summed E-state index contributed by atoms with van der Waals surface area (Å²) in [6.45, 7) is 0. The van der Waals surface area contributed by atoms with Crippen LogP contribution in [0, 0.1) is 0 Å². The van der Waals surface area contributed by atoms with Gasteiger partial charge in [-0.25, -0.2) is 17.4 Å². The first-order valence-electron chi connectivity index (χ1n) is 3.89. The third-order valence-electron chi connectivity index (χ3n) is 1.67. The van der Waals surface area contributed by atoms with Crippen LogP contribution in [0.4, 0.5) is 26.3 Å². The Labute approximate surface area is 113 Å². The van der Waals surface area contributed by atoms with Crippen molar-refractivity contribution in [3.63, 3.8) is 0 Å². The van der Waals surface area contributed by atoms with Crippen molar-refractivity contribution in [3.8, 4) is 0 Å². The van der Waals surface area contributed by atoms with Crippen molar-refractivity contribution >= 4 is 32.3 Å². The van der Waals surface area contributed by atoms with E-state index in [0.29, 0.717) is 0 Å². The minimum absolute atomic E-state index is 0. The fourth-order valence-electron chi connectivity index (χ4n) is 0.864. The highest BCUT2D eigenvalue weighted by Gasteiger charge is 2.54. The van der Waals surface area contributed by atoms with Crippen LogP contribution < -0.4 is 0 Å². The second kappa shape index (κ2) is 5.07. The van der Waals surface area contributed by atoms with Crippen LogP contribution in [0.3, 0.4) is 0 Å². The van der Waals surface area contributed by atoms with Gasteiger partial charge in [-0.2, -0.15) is 34.8 Å². The quantitative estimate of drug-likeness (QED) is 0.734. The highest BCUT2D eigenvalue weighted by atomic mass is 35.5. The first kappa shape index (κ1) is 19.0. The Morgan fingerprint density at radius 2 is 1.40 bits per heavy atom. The van der Waals surface area contributed by atoms with Gasteiger partial charge in [0.2, 0.25) is 0 Å². The number of sulfone groups is 1. The van der Waals surface area contributed by atoms with Crippen LogP contribution in [0.5, 0.6) is 0 Å². The summed E-state index contributed by atoms with van der Waals surface area (Å²) in [4.78, 5) is 2.51. The first-order chi connectivity index (χ1) is 8.23. The lowest BCUT2D eigenvalue weighted by molar-refractivity contribution is -0.0468. The average Bonchev–Trinajstić information content (AvgIpc) is 2.62. The van der Waals surface area contributed by atoms with Crippen LogP contribution in [0.1, 0.15) is 0 Å². The van der Waals surface area contributed by atoms with E-state index in [1.807, 2.05) is 0 Å². The van der Waals surface area contributed by atoms with Crippen LogP contribution in [0.15, 0.2) is 17.6 Å². The summed E-state index contributed by atoms with van der Waals surface area (Å²) in [7, 11) is -12.7. The van der Waals surface area contributed by atoms with Gasteiger partial charge in [0.25, 0.3) is 5.16 Å². The molecule has 20 heavy (non-hydrogen) atoms. The van der Waals surface area contributed by atoms with Crippen LogP contribution in [0.25, 0.3) is 0 Å². The van der Waals surface area contributed by atoms with Gasteiger partial charge in [-0.15, -0.1) is 12.4 Å². The van der Waals surface area contributed by atoms with Crippen molar-refractivity contribution in [1.29, 1.82) is 0 Å². The van der Waals surface area contributed by atoms with Crippen LogP contribution in [-0.2, 0) is 19.9 Å². The predicted molar refractivity (Wildman–Crippen MR) is 53.1 cm³/mol. The molecule has 0 spiro atoms. The standard InChI is InChI=1S/C5H2F6N2O4S2.ClH/c6-4(7,8)18(14,15)3-12-1-2-13(3)19(16,17)5(9,10)11;/h1-2H;1H. The molecule has 0 aliphatic heterocycles. The van der Waals surface area contributed by atoms with E-state index in [0.717, 1.165) is 0 Å². The lowest BCUT2D eigenvalue weighted by Crippen LogP contribution is -2.34. The van der Waals surface area contributed by atoms with E-state index in [9.17, 15) is 43.2 Å². The molecule has 15 heteroatoms. The maximum atomic E-state index is 12.1. The molecule has 1 aromatic heterocycles. The number of hydrogen-bond donors (Lipinski definition) is 0. The van der Waals surface area contributed by atoms with E-state index in [-0.39, 0.29) is 24.8 Å². The Morgan fingerprint density at radius 3 is 1.75 bits per heavy atom. The van der Waals surface area contributed by atoms with Crippen molar-refractivity contribution in [3.05, 3.63) is 12.4 Å². The van der Waals surface area contributed by atoms with Gasteiger partial charge in [0.15, 0.2) is 0 Å². The molecular formula is C5H3ClF6N2O4S2. The molecular weight excluding hydrogens is 366 g/mol. The molecule has 1 heterocycles. The van der Waals surface area contributed by atoms with Gasteiger partial charge >= 0.3 is 30.9 Å². The van der Waals surface area contributed by atoms with Crippen molar-refractivity contribution in [1.82, 2.24) is 8.96 Å². The Kier molecular flexibility index (Phi) is 4.81. The minimum atomic E-state index is -6.33. The van der Waals surface area contributed by atoms with E-state index < -0.39 is 40.0 Å². The minimum Gasteiger partial charge on any atom is -0.226 e. The van der Waals surface area contributed by atoms with Gasteiger partial charge in [0, 0.05) is 12.4 Å². The SMILES string of the molecule is Cl.O=S(=O)(c1nccn1S(=O)(=O)C(F)(F)F)C(F)(F)F. The fraction of sp³-hybridized carbons (Fsp3) is 0.400. The van der Waals surface area contributed by atoms with Crippen LogP contribution >= 0.6 is 12.4 Å². The molecule has 0 N–H and O–H groups in total. The third-order valence-corrected chi connectivity index (χ3v) is 4.58. The number of aromatic nitrogens is 2. The molecule has 0 radical (unpaired) electrons. The van der Waals surface area contributed by atoms with Crippen molar-refractivity contribution in [2.24, 2.45) is 0 Å². The van der Waals surface area contributed by atoms with E-state index in [1.165, 1.54) is 0 Å². The maximum Gasteiger partial charge on any atom is 0.517 e. The van der Waals surface area contributed by atoms with E-state index in [4.69, 9.17) is 0 Å². The number of imidazole rings is 1. The molecule has 1 aromatic rings. The zero-order chi connectivity index (χ0) is 15.3. The van der Waals surface area contributed by atoms with Gasteiger partial charge < -0.3 is 0 Å². The van der Waals surface area contributed by atoms with Crippen molar-refractivity contribution < 1.29 is 43.2 Å². The van der Waals surface area contributed by atoms with Crippen LogP contribution in [0.2, 0.25) is 0 Å². The van der Waals surface area contributed by atoms with Gasteiger partial charge in [0.05, 0.1) is 0 Å². The normalized spacial score (nSPS) is 13.9. The number of nitrogens with zero attached hydrogens (tertiary/aromatic N) is 2. The topological polar surface area (TPSA) is 86.1 Å². The predicted octanol–water partition coefficient (Wildman–Crippen LogP) is 1.30. The summed E-state index contributed by atoms with van der Waals surface area (Å²) < 4.78 is 115. The summed E-state index contributed by atoms with van der Waals surface area (Å²) in [5.74, 6) is 0. The molecule has 0 aliphatic carbocycles. The van der Waals surface area contributed by atoms with Gasteiger partial charge in [-0.05, 0) is 0 Å². The summed E-state index contributed by atoms with van der Waals surface area (Å²) in [6.07, 6.45) is 0.128. The fourth-order valence-corrected chi connectivity index (χ4v) is 2.85. The summed E-state index contributed by atoms with van der Waals surface area (Å²) in [6, 6.07) is 0.